The summed E-state index contributed by atoms with van der Waals surface area (Å²) < 4.78 is 27.1. The fourth-order valence-corrected chi connectivity index (χ4v) is 5.71. The Morgan fingerprint density at radius 1 is 1.07 bits per heavy atom. The van der Waals surface area contributed by atoms with Gasteiger partial charge in [0.15, 0.2) is 0 Å². The third-order valence-corrected chi connectivity index (χ3v) is 7.57. The minimum Gasteiger partial charge on any atom is -0.335 e. The maximum Gasteiger partial charge on any atom is 0.254 e. The Morgan fingerprint density at radius 2 is 1.81 bits per heavy atom. The van der Waals surface area contributed by atoms with Crippen LogP contribution in [0.1, 0.15) is 46.8 Å². The smallest absolute Gasteiger partial charge is 0.254 e. The summed E-state index contributed by atoms with van der Waals surface area (Å²) in [6.45, 7) is 1.11. The molecule has 6 heteroatoms. The van der Waals surface area contributed by atoms with Crippen LogP contribution in [0, 0.1) is 0 Å². The Hall–Kier alpha value is -2.18. The van der Waals surface area contributed by atoms with Crippen molar-refractivity contribution in [2.45, 2.75) is 36.6 Å². The van der Waals surface area contributed by atoms with E-state index in [1.54, 1.807) is 30.1 Å². The van der Waals surface area contributed by atoms with Gasteiger partial charge in [-0.05, 0) is 55.0 Å². The number of nitrogens with zero attached hydrogens (tertiary/aromatic N) is 2. The van der Waals surface area contributed by atoms with Crippen molar-refractivity contribution in [2.75, 3.05) is 20.1 Å². The van der Waals surface area contributed by atoms with Gasteiger partial charge in [0, 0.05) is 25.7 Å². The van der Waals surface area contributed by atoms with Gasteiger partial charge < -0.3 is 4.90 Å². The van der Waals surface area contributed by atoms with E-state index >= 15 is 0 Å². The summed E-state index contributed by atoms with van der Waals surface area (Å²) in [5.74, 6) is -0.143. The van der Waals surface area contributed by atoms with E-state index < -0.39 is 10.0 Å². The molecule has 4 rings (SSSR count). The Labute approximate surface area is 160 Å². The first-order chi connectivity index (χ1) is 13.0. The molecule has 1 fully saturated rings. The monoisotopic (exact) mass is 384 g/mol. The maximum absolute atomic E-state index is 13.1. The summed E-state index contributed by atoms with van der Waals surface area (Å²) in [4.78, 5) is 15.0. The van der Waals surface area contributed by atoms with E-state index in [2.05, 4.69) is 12.1 Å². The number of sulfonamides is 1. The van der Waals surface area contributed by atoms with Gasteiger partial charge in [-0.25, -0.2) is 8.42 Å². The van der Waals surface area contributed by atoms with Crippen molar-refractivity contribution in [3.8, 4) is 0 Å². The minimum atomic E-state index is -3.53. The highest BCUT2D eigenvalue weighted by Gasteiger charge is 2.31. The molecule has 5 nitrogen and oxygen atoms in total. The van der Waals surface area contributed by atoms with Crippen molar-refractivity contribution in [3.05, 3.63) is 65.2 Å². The fourth-order valence-electron chi connectivity index (χ4n) is 4.15. The summed E-state index contributed by atoms with van der Waals surface area (Å²) in [6, 6.07) is 14.7. The van der Waals surface area contributed by atoms with Crippen molar-refractivity contribution in [2.24, 2.45) is 0 Å². The summed E-state index contributed by atoms with van der Waals surface area (Å²) in [6.07, 6.45) is 3.64. The molecule has 0 unspecified atom stereocenters. The van der Waals surface area contributed by atoms with Crippen molar-refractivity contribution in [3.63, 3.8) is 0 Å². The zero-order valence-corrected chi connectivity index (χ0v) is 16.3. The molecule has 1 amide bonds. The first kappa shape index (κ1) is 18.2. The molecule has 142 valence electrons. The molecule has 2 aromatic rings. The van der Waals surface area contributed by atoms with Crippen LogP contribution in [0.25, 0.3) is 0 Å². The second kappa shape index (κ2) is 7.09. The number of rotatable bonds is 4. The van der Waals surface area contributed by atoms with Gasteiger partial charge in [-0.15, -0.1) is 0 Å². The van der Waals surface area contributed by atoms with E-state index in [4.69, 9.17) is 0 Å². The van der Waals surface area contributed by atoms with Crippen LogP contribution in [0.15, 0.2) is 53.4 Å². The molecule has 0 aromatic heterocycles. The second-order valence-electron chi connectivity index (χ2n) is 7.31. The minimum absolute atomic E-state index is 0.0348. The van der Waals surface area contributed by atoms with Crippen LogP contribution in [-0.2, 0) is 16.4 Å². The van der Waals surface area contributed by atoms with Gasteiger partial charge in [-0.1, -0.05) is 30.3 Å². The van der Waals surface area contributed by atoms with Crippen molar-refractivity contribution in [1.82, 2.24) is 9.21 Å². The lowest BCUT2D eigenvalue weighted by Crippen LogP contribution is -2.31. The Morgan fingerprint density at radius 3 is 2.59 bits per heavy atom. The van der Waals surface area contributed by atoms with Crippen LogP contribution in [0.4, 0.5) is 0 Å². The third-order valence-electron chi connectivity index (χ3n) is 5.67. The number of aryl methyl sites for hydroxylation is 1. The lowest BCUT2D eigenvalue weighted by molar-refractivity contribution is 0.0730. The van der Waals surface area contributed by atoms with Crippen LogP contribution in [0.2, 0.25) is 0 Å². The van der Waals surface area contributed by atoms with Crippen LogP contribution >= 0.6 is 0 Å². The molecule has 0 bridgehead atoms. The molecule has 0 N–H and O–H groups in total. The predicted molar refractivity (Wildman–Crippen MR) is 104 cm³/mol. The maximum atomic E-state index is 13.1. The number of carbonyl (C=O) groups excluding carboxylic acids is 1. The molecule has 2 aromatic carbocycles. The molecule has 1 saturated heterocycles. The zero-order valence-electron chi connectivity index (χ0n) is 15.5. The molecule has 1 atom stereocenters. The number of benzene rings is 2. The molecular weight excluding hydrogens is 360 g/mol. The lowest BCUT2D eigenvalue weighted by atomic mass is 10.1. The Kier molecular flexibility index (Phi) is 4.78. The summed E-state index contributed by atoms with van der Waals surface area (Å²) in [5, 5.41) is 0. The van der Waals surface area contributed by atoms with E-state index in [-0.39, 0.29) is 16.8 Å². The molecule has 0 radical (unpaired) electrons. The number of amides is 1. The SMILES string of the molecule is CN(C(=O)c1cccc(S(=O)(=O)N2CCCC2)c1)[C@H]1CCc2ccccc21. The topological polar surface area (TPSA) is 57.7 Å². The van der Waals surface area contributed by atoms with Gasteiger partial charge in [-0.2, -0.15) is 4.31 Å². The van der Waals surface area contributed by atoms with Crippen molar-refractivity contribution >= 4 is 15.9 Å². The van der Waals surface area contributed by atoms with Crippen LogP contribution in [-0.4, -0.2) is 43.7 Å². The zero-order chi connectivity index (χ0) is 19.0. The normalized spacial score (nSPS) is 19.8. The van der Waals surface area contributed by atoms with Crippen molar-refractivity contribution in [1.29, 1.82) is 0 Å². The highest BCUT2D eigenvalue weighted by atomic mass is 32.2. The van der Waals surface area contributed by atoms with Crippen molar-refractivity contribution < 1.29 is 13.2 Å². The van der Waals surface area contributed by atoms with Crippen LogP contribution in [0.5, 0.6) is 0 Å². The van der Waals surface area contributed by atoms with Gasteiger partial charge >= 0.3 is 0 Å². The highest BCUT2D eigenvalue weighted by molar-refractivity contribution is 7.89. The predicted octanol–water partition coefficient (Wildman–Crippen LogP) is 3.23. The molecule has 1 heterocycles. The molecule has 1 aliphatic carbocycles. The van der Waals surface area contributed by atoms with Crippen LogP contribution in [0.3, 0.4) is 0 Å². The van der Waals surface area contributed by atoms with Crippen LogP contribution < -0.4 is 0 Å². The first-order valence-corrected chi connectivity index (χ1v) is 10.9. The molecular formula is C21H24N2O3S. The first-order valence-electron chi connectivity index (χ1n) is 9.43. The molecule has 0 saturated carbocycles. The quantitative estimate of drug-likeness (QED) is 0.813. The molecule has 0 spiro atoms. The average Bonchev–Trinajstić information content (AvgIpc) is 3.37. The third kappa shape index (κ3) is 3.28. The van der Waals surface area contributed by atoms with Gasteiger partial charge in [0.2, 0.25) is 10.0 Å². The molecule has 1 aliphatic heterocycles. The summed E-state index contributed by atoms with van der Waals surface area (Å²) in [5.41, 5.74) is 2.89. The number of carbonyl (C=O) groups is 1. The number of hydrogen-bond donors (Lipinski definition) is 0. The molecule has 2 aliphatic rings. The van der Waals surface area contributed by atoms with E-state index in [1.165, 1.54) is 21.5 Å². The summed E-state index contributed by atoms with van der Waals surface area (Å²) >= 11 is 0. The average molecular weight is 385 g/mol. The van der Waals surface area contributed by atoms with E-state index in [9.17, 15) is 13.2 Å². The Bertz CT molecular complexity index is 965. The van der Waals surface area contributed by atoms with E-state index in [1.807, 2.05) is 12.1 Å². The highest BCUT2D eigenvalue weighted by Crippen LogP contribution is 2.35. The largest absolute Gasteiger partial charge is 0.335 e. The van der Waals surface area contributed by atoms with Gasteiger partial charge in [0.05, 0.1) is 10.9 Å². The standard InChI is InChI=1S/C21H24N2O3S/c1-22(20-12-11-16-7-2-3-10-19(16)20)21(24)17-8-6-9-18(15-17)27(25,26)23-13-4-5-14-23/h2-3,6-10,15,20H,4-5,11-14H2,1H3/t20-/m0/s1. The number of fused-ring (bicyclic) bond motifs is 1. The van der Waals surface area contributed by atoms with Gasteiger partial charge in [-0.3, -0.25) is 4.79 Å². The van der Waals surface area contributed by atoms with E-state index in [0.29, 0.717) is 18.7 Å². The summed E-state index contributed by atoms with van der Waals surface area (Å²) in [7, 11) is -1.72. The van der Waals surface area contributed by atoms with Gasteiger partial charge in [0.25, 0.3) is 5.91 Å². The fraction of sp³-hybridized carbons (Fsp3) is 0.381. The second-order valence-corrected chi connectivity index (χ2v) is 9.25. The van der Waals surface area contributed by atoms with Gasteiger partial charge in [0.1, 0.15) is 0 Å². The lowest BCUT2D eigenvalue weighted by Gasteiger charge is -2.26. The Balaban J connectivity index is 1.60. The number of hydrogen-bond acceptors (Lipinski definition) is 3. The van der Waals surface area contributed by atoms with E-state index in [0.717, 1.165) is 25.7 Å². The molecule has 27 heavy (non-hydrogen) atoms.